The van der Waals surface area contributed by atoms with E-state index in [1.54, 1.807) is 11.3 Å². The van der Waals surface area contributed by atoms with Crippen molar-refractivity contribution in [2.45, 2.75) is 19.9 Å². The second-order valence-electron chi connectivity index (χ2n) is 5.40. The molecule has 2 aromatic rings. The van der Waals surface area contributed by atoms with Crippen molar-refractivity contribution in [1.29, 1.82) is 0 Å². The number of nitrogens with zero attached hydrogens (tertiary/aromatic N) is 1. The zero-order chi connectivity index (χ0) is 17.9. The van der Waals surface area contributed by atoms with Gasteiger partial charge in [0, 0.05) is 13.1 Å². The number of halogens is 1. The van der Waals surface area contributed by atoms with Crippen molar-refractivity contribution in [3.05, 3.63) is 52.2 Å². The second kappa shape index (κ2) is 12.5. The van der Waals surface area contributed by atoms with Crippen LogP contribution in [0.1, 0.15) is 18.1 Å². The summed E-state index contributed by atoms with van der Waals surface area (Å²) in [7, 11) is 0. The lowest BCUT2D eigenvalue weighted by Crippen LogP contribution is -2.38. The zero-order valence-corrected chi connectivity index (χ0v) is 17.9. The molecule has 0 spiro atoms. The minimum atomic E-state index is -0.481. The summed E-state index contributed by atoms with van der Waals surface area (Å²) >= 11 is 1.68. The molecule has 1 aromatic carbocycles. The highest BCUT2D eigenvalue weighted by atomic mass is 127. The number of nitrogens with one attached hydrogen (secondary N) is 2. The maximum atomic E-state index is 10.7. The van der Waals surface area contributed by atoms with Gasteiger partial charge in [-0.15, -0.1) is 24.0 Å². The number of carbonyl (C=O) groups is 1. The van der Waals surface area contributed by atoms with Crippen molar-refractivity contribution in [1.82, 2.24) is 10.6 Å². The van der Waals surface area contributed by atoms with Crippen molar-refractivity contribution < 1.29 is 9.53 Å². The van der Waals surface area contributed by atoms with Crippen LogP contribution in [0, 0.1) is 0 Å². The lowest BCUT2D eigenvalue weighted by Gasteiger charge is -2.11. The number of ether oxygens (including phenoxy) is 1. The van der Waals surface area contributed by atoms with Gasteiger partial charge >= 0.3 is 0 Å². The third kappa shape index (κ3) is 8.52. The molecule has 142 valence electrons. The number of hydrogen-bond donors (Lipinski definition) is 3. The van der Waals surface area contributed by atoms with E-state index < -0.39 is 5.91 Å². The molecule has 0 saturated carbocycles. The molecule has 1 heterocycles. The maximum Gasteiger partial charge on any atom is 0.255 e. The topological polar surface area (TPSA) is 88.7 Å². The molecule has 0 bridgehead atoms. The van der Waals surface area contributed by atoms with Crippen LogP contribution in [0.15, 0.2) is 46.1 Å². The molecule has 0 saturated heterocycles. The van der Waals surface area contributed by atoms with Crippen LogP contribution in [0.25, 0.3) is 0 Å². The van der Waals surface area contributed by atoms with Crippen LogP contribution in [0.3, 0.4) is 0 Å². The van der Waals surface area contributed by atoms with E-state index >= 15 is 0 Å². The van der Waals surface area contributed by atoms with Crippen molar-refractivity contribution in [2.24, 2.45) is 10.7 Å². The normalized spacial score (nSPS) is 10.7. The van der Waals surface area contributed by atoms with Crippen LogP contribution in [-0.2, 0) is 17.8 Å². The van der Waals surface area contributed by atoms with Gasteiger partial charge < -0.3 is 21.1 Å². The number of aliphatic imine (C=N–C) groups is 1. The van der Waals surface area contributed by atoms with E-state index in [1.165, 1.54) is 11.1 Å². The van der Waals surface area contributed by atoms with E-state index in [9.17, 15) is 4.79 Å². The summed E-state index contributed by atoms with van der Waals surface area (Å²) in [4.78, 5) is 15.3. The van der Waals surface area contributed by atoms with Gasteiger partial charge in [0.15, 0.2) is 12.6 Å². The molecular weight excluding hydrogens is 463 g/mol. The summed E-state index contributed by atoms with van der Waals surface area (Å²) in [5.74, 6) is 0.974. The molecule has 0 aliphatic heterocycles. The fourth-order valence-corrected chi connectivity index (χ4v) is 2.79. The quantitative estimate of drug-likeness (QED) is 0.288. The maximum absolute atomic E-state index is 10.7. The third-order valence-electron chi connectivity index (χ3n) is 3.35. The first kappa shape index (κ1) is 22.2. The van der Waals surface area contributed by atoms with Gasteiger partial charge in [-0.05, 0) is 53.4 Å². The van der Waals surface area contributed by atoms with Gasteiger partial charge in [0.2, 0.25) is 0 Å². The van der Waals surface area contributed by atoms with Crippen molar-refractivity contribution in [2.75, 3.05) is 19.7 Å². The average Bonchev–Trinajstić information content (AvgIpc) is 3.12. The van der Waals surface area contributed by atoms with Crippen LogP contribution in [0.5, 0.6) is 5.75 Å². The molecule has 0 aliphatic carbocycles. The SMILES string of the molecule is CCNC(=NCc1ccsc1)NCCc1ccc(OCC(N)=O)cc1.I. The molecule has 1 amide bonds. The number of hydrogen-bond acceptors (Lipinski definition) is 4. The van der Waals surface area contributed by atoms with Crippen LogP contribution < -0.4 is 21.1 Å². The Hall–Kier alpha value is -1.81. The summed E-state index contributed by atoms with van der Waals surface area (Å²) in [5.41, 5.74) is 7.45. The lowest BCUT2D eigenvalue weighted by atomic mass is 10.1. The summed E-state index contributed by atoms with van der Waals surface area (Å²) in [6, 6.07) is 9.72. The van der Waals surface area contributed by atoms with Crippen LogP contribution in [-0.4, -0.2) is 31.6 Å². The molecular formula is C18H25IN4O2S. The highest BCUT2D eigenvalue weighted by Gasteiger charge is 2.01. The van der Waals surface area contributed by atoms with E-state index in [0.29, 0.717) is 12.3 Å². The summed E-state index contributed by atoms with van der Waals surface area (Å²) in [5, 5.41) is 10.7. The van der Waals surface area contributed by atoms with Gasteiger partial charge in [0.25, 0.3) is 5.91 Å². The molecule has 0 unspecified atom stereocenters. The highest BCUT2D eigenvalue weighted by Crippen LogP contribution is 2.12. The first-order valence-electron chi connectivity index (χ1n) is 8.20. The highest BCUT2D eigenvalue weighted by molar-refractivity contribution is 14.0. The zero-order valence-electron chi connectivity index (χ0n) is 14.7. The van der Waals surface area contributed by atoms with Gasteiger partial charge in [0.05, 0.1) is 6.54 Å². The summed E-state index contributed by atoms with van der Waals surface area (Å²) < 4.78 is 5.25. The number of carbonyl (C=O) groups excluding carboxylic acids is 1. The lowest BCUT2D eigenvalue weighted by molar-refractivity contribution is -0.119. The van der Waals surface area contributed by atoms with Crippen LogP contribution >= 0.6 is 35.3 Å². The van der Waals surface area contributed by atoms with E-state index in [2.05, 4.69) is 32.5 Å². The Kier molecular flexibility index (Phi) is 10.7. The molecule has 0 aliphatic rings. The largest absolute Gasteiger partial charge is 0.484 e. The van der Waals surface area contributed by atoms with Gasteiger partial charge in [-0.1, -0.05) is 12.1 Å². The monoisotopic (exact) mass is 488 g/mol. The van der Waals surface area contributed by atoms with Gasteiger partial charge in [0.1, 0.15) is 5.75 Å². The minimum absolute atomic E-state index is 0. The summed E-state index contributed by atoms with van der Waals surface area (Å²) in [6.07, 6.45) is 0.860. The van der Waals surface area contributed by atoms with E-state index in [4.69, 9.17) is 10.5 Å². The Labute approximate surface area is 175 Å². The predicted octanol–water partition coefficient (Wildman–Crippen LogP) is 2.53. The molecule has 26 heavy (non-hydrogen) atoms. The van der Waals surface area contributed by atoms with Crippen LogP contribution in [0.2, 0.25) is 0 Å². The Bertz CT molecular complexity index is 675. The number of guanidine groups is 1. The molecule has 1 aromatic heterocycles. The number of nitrogens with two attached hydrogens (primary N) is 1. The molecule has 6 nitrogen and oxygen atoms in total. The first-order chi connectivity index (χ1) is 12.2. The smallest absolute Gasteiger partial charge is 0.255 e. The summed E-state index contributed by atoms with van der Waals surface area (Å²) in [6.45, 7) is 4.21. The average molecular weight is 488 g/mol. The third-order valence-corrected chi connectivity index (χ3v) is 4.09. The van der Waals surface area contributed by atoms with E-state index in [0.717, 1.165) is 25.5 Å². The van der Waals surface area contributed by atoms with Crippen molar-refractivity contribution in [3.8, 4) is 5.75 Å². The Morgan fingerprint density at radius 3 is 2.58 bits per heavy atom. The first-order valence-corrected chi connectivity index (χ1v) is 9.15. The number of rotatable bonds is 9. The Balaban J connectivity index is 0.00000338. The molecule has 4 N–H and O–H groups in total. The molecule has 2 rings (SSSR count). The number of benzene rings is 1. The number of thiophene rings is 1. The van der Waals surface area contributed by atoms with Gasteiger partial charge in [-0.25, -0.2) is 4.99 Å². The number of amides is 1. The fraction of sp³-hybridized carbons (Fsp3) is 0.333. The number of primary amides is 1. The standard InChI is InChI=1S/C18H24N4O2S.HI/c1-2-20-18(22-11-15-8-10-25-13-15)21-9-7-14-3-5-16(6-4-14)24-12-17(19)23;/h3-6,8,10,13H,2,7,9,11-12H2,1H3,(H2,19,23)(H2,20,21,22);1H. The van der Waals surface area contributed by atoms with E-state index in [1.807, 2.05) is 31.2 Å². The van der Waals surface area contributed by atoms with Gasteiger partial charge in [-0.3, -0.25) is 4.79 Å². The molecule has 0 fully saturated rings. The van der Waals surface area contributed by atoms with E-state index in [-0.39, 0.29) is 30.6 Å². The van der Waals surface area contributed by atoms with Gasteiger partial charge in [-0.2, -0.15) is 11.3 Å². The minimum Gasteiger partial charge on any atom is -0.484 e. The van der Waals surface area contributed by atoms with Crippen molar-refractivity contribution in [3.63, 3.8) is 0 Å². The Morgan fingerprint density at radius 2 is 1.96 bits per heavy atom. The molecule has 0 radical (unpaired) electrons. The molecule has 8 heteroatoms. The Morgan fingerprint density at radius 1 is 1.19 bits per heavy atom. The second-order valence-corrected chi connectivity index (χ2v) is 6.18. The van der Waals surface area contributed by atoms with Crippen molar-refractivity contribution >= 4 is 47.2 Å². The fourth-order valence-electron chi connectivity index (χ4n) is 2.13. The van der Waals surface area contributed by atoms with Crippen LogP contribution in [0.4, 0.5) is 0 Å². The molecule has 0 atom stereocenters. The predicted molar refractivity (Wildman–Crippen MR) is 117 cm³/mol.